The van der Waals surface area contributed by atoms with E-state index in [1.165, 1.54) is 0 Å². The van der Waals surface area contributed by atoms with Gasteiger partial charge in [0.1, 0.15) is 0 Å². The fourth-order valence-corrected chi connectivity index (χ4v) is 1.55. The number of carbonyl (C=O) groups is 1. The molecule has 4 heteroatoms. The molecule has 0 aliphatic heterocycles. The van der Waals surface area contributed by atoms with Crippen molar-refractivity contribution in [1.82, 2.24) is 5.32 Å². The molecule has 0 saturated heterocycles. The van der Waals surface area contributed by atoms with Gasteiger partial charge in [0.2, 0.25) is 0 Å². The van der Waals surface area contributed by atoms with Gasteiger partial charge < -0.3 is 10.6 Å². The zero-order chi connectivity index (χ0) is 12.0. The van der Waals surface area contributed by atoms with Gasteiger partial charge in [-0.15, -0.1) is 0 Å². The number of hydrogen-bond acceptors (Lipinski definition) is 2. The summed E-state index contributed by atoms with van der Waals surface area (Å²) in [6, 6.07) is 5.29. The minimum atomic E-state index is -0.0831. The van der Waals surface area contributed by atoms with Crippen molar-refractivity contribution in [1.29, 1.82) is 0 Å². The minimum Gasteiger partial charge on any atom is -0.385 e. The average Bonchev–Trinajstić information content (AvgIpc) is 2.28. The van der Waals surface area contributed by atoms with Crippen molar-refractivity contribution < 1.29 is 4.79 Å². The summed E-state index contributed by atoms with van der Waals surface area (Å²) in [6.45, 7) is 5.46. The van der Waals surface area contributed by atoms with E-state index in [0.717, 1.165) is 18.7 Å². The molecule has 1 aromatic carbocycles. The summed E-state index contributed by atoms with van der Waals surface area (Å²) in [5.74, 6) is -0.0831. The van der Waals surface area contributed by atoms with Crippen molar-refractivity contribution in [3.05, 3.63) is 28.8 Å². The van der Waals surface area contributed by atoms with Crippen molar-refractivity contribution in [3.63, 3.8) is 0 Å². The van der Waals surface area contributed by atoms with Crippen LogP contribution in [0.3, 0.4) is 0 Å². The van der Waals surface area contributed by atoms with Crippen LogP contribution >= 0.6 is 11.6 Å². The normalized spacial score (nSPS) is 9.94. The van der Waals surface area contributed by atoms with E-state index in [1.54, 1.807) is 12.1 Å². The summed E-state index contributed by atoms with van der Waals surface area (Å²) in [5, 5.41) is 6.55. The molecule has 0 aliphatic carbocycles. The molecule has 0 aliphatic rings. The van der Waals surface area contributed by atoms with E-state index in [1.807, 2.05) is 19.9 Å². The van der Waals surface area contributed by atoms with Gasteiger partial charge in [-0.1, -0.05) is 18.5 Å². The van der Waals surface area contributed by atoms with Gasteiger partial charge in [0.15, 0.2) is 0 Å². The average molecular weight is 241 g/mol. The third-order valence-corrected chi connectivity index (χ3v) is 2.36. The highest BCUT2D eigenvalue weighted by atomic mass is 35.5. The molecule has 2 N–H and O–H groups in total. The number of halogens is 1. The highest BCUT2D eigenvalue weighted by molar-refractivity contribution is 6.31. The summed E-state index contributed by atoms with van der Waals surface area (Å²) >= 11 is 5.89. The molecule has 0 atom stereocenters. The van der Waals surface area contributed by atoms with Crippen LogP contribution in [0.15, 0.2) is 18.2 Å². The predicted molar refractivity (Wildman–Crippen MR) is 68.2 cm³/mol. The molecule has 1 rings (SSSR count). The van der Waals surface area contributed by atoms with E-state index in [9.17, 15) is 4.79 Å². The van der Waals surface area contributed by atoms with E-state index in [4.69, 9.17) is 11.6 Å². The van der Waals surface area contributed by atoms with Gasteiger partial charge in [0.05, 0.1) is 5.56 Å². The van der Waals surface area contributed by atoms with Crippen molar-refractivity contribution in [2.45, 2.75) is 20.3 Å². The van der Waals surface area contributed by atoms with Gasteiger partial charge in [0, 0.05) is 23.8 Å². The molecule has 0 radical (unpaired) electrons. The molecule has 3 nitrogen and oxygen atoms in total. The number of benzene rings is 1. The monoisotopic (exact) mass is 240 g/mol. The molecular weight excluding hydrogens is 224 g/mol. The Morgan fingerprint density at radius 2 is 2.12 bits per heavy atom. The molecular formula is C12H17ClN2O. The Morgan fingerprint density at radius 1 is 1.38 bits per heavy atom. The van der Waals surface area contributed by atoms with Gasteiger partial charge >= 0.3 is 0 Å². The molecule has 0 heterocycles. The van der Waals surface area contributed by atoms with E-state index >= 15 is 0 Å². The van der Waals surface area contributed by atoms with Crippen LogP contribution in [0, 0.1) is 0 Å². The Hall–Kier alpha value is -1.22. The second-order valence-corrected chi connectivity index (χ2v) is 3.91. The maximum atomic E-state index is 11.8. The van der Waals surface area contributed by atoms with Gasteiger partial charge in [0.25, 0.3) is 5.91 Å². The fraction of sp³-hybridized carbons (Fsp3) is 0.417. The lowest BCUT2D eigenvalue weighted by molar-refractivity contribution is 0.0954. The maximum absolute atomic E-state index is 11.8. The summed E-state index contributed by atoms with van der Waals surface area (Å²) < 4.78 is 0. The predicted octanol–water partition coefficient (Wildman–Crippen LogP) is 2.91. The third kappa shape index (κ3) is 3.42. The van der Waals surface area contributed by atoms with Gasteiger partial charge in [-0.25, -0.2) is 0 Å². The van der Waals surface area contributed by atoms with Crippen molar-refractivity contribution >= 4 is 23.2 Å². The van der Waals surface area contributed by atoms with E-state index in [0.29, 0.717) is 17.1 Å². The van der Waals surface area contributed by atoms with Gasteiger partial charge in [-0.05, 0) is 31.5 Å². The van der Waals surface area contributed by atoms with E-state index in [2.05, 4.69) is 10.6 Å². The number of hydrogen-bond donors (Lipinski definition) is 2. The number of carbonyl (C=O) groups excluding carboxylic acids is 1. The summed E-state index contributed by atoms with van der Waals surface area (Å²) in [5.41, 5.74) is 1.42. The Kier molecular flexibility index (Phi) is 5.12. The number of nitrogens with one attached hydrogen (secondary N) is 2. The van der Waals surface area contributed by atoms with Crippen molar-refractivity contribution in [2.75, 3.05) is 18.4 Å². The lowest BCUT2D eigenvalue weighted by Gasteiger charge is -2.11. The number of rotatable bonds is 5. The van der Waals surface area contributed by atoms with Crippen LogP contribution in [0.25, 0.3) is 0 Å². The van der Waals surface area contributed by atoms with E-state index < -0.39 is 0 Å². The van der Waals surface area contributed by atoms with Crippen LogP contribution in [0.2, 0.25) is 5.02 Å². The molecule has 0 saturated carbocycles. The zero-order valence-corrected chi connectivity index (χ0v) is 10.4. The molecule has 0 fully saturated rings. The van der Waals surface area contributed by atoms with Crippen LogP contribution in [-0.2, 0) is 0 Å². The third-order valence-electron chi connectivity index (χ3n) is 2.13. The highest BCUT2D eigenvalue weighted by Gasteiger charge is 2.10. The van der Waals surface area contributed by atoms with Gasteiger partial charge in [-0.3, -0.25) is 4.79 Å². The number of anilines is 1. The first-order valence-corrected chi connectivity index (χ1v) is 5.88. The first-order chi connectivity index (χ1) is 7.69. The summed E-state index contributed by atoms with van der Waals surface area (Å²) in [7, 11) is 0. The smallest absolute Gasteiger partial charge is 0.253 e. The Labute approximate surface area is 101 Å². The topological polar surface area (TPSA) is 41.1 Å². The summed E-state index contributed by atoms with van der Waals surface area (Å²) in [4.78, 5) is 11.8. The van der Waals surface area contributed by atoms with Crippen molar-refractivity contribution in [3.8, 4) is 0 Å². The Morgan fingerprint density at radius 3 is 2.75 bits per heavy atom. The maximum Gasteiger partial charge on any atom is 0.253 e. The van der Waals surface area contributed by atoms with Crippen LogP contribution in [0.5, 0.6) is 0 Å². The molecule has 16 heavy (non-hydrogen) atoms. The SMILES string of the molecule is CCCNC(=O)c1cc(Cl)ccc1NCC. The lowest BCUT2D eigenvalue weighted by Crippen LogP contribution is -2.25. The zero-order valence-electron chi connectivity index (χ0n) is 9.64. The first-order valence-electron chi connectivity index (χ1n) is 5.50. The molecule has 0 unspecified atom stereocenters. The largest absolute Gasteiger partial charge is 0.385 e. The number of amides is 1. The van der Waals surface area contributed by atoms with Crippen LogP contribution in [0.1, 0.15) is 30.6 Å². The molecule has 1 aromatic rings. The Bertz CT molecular complexity index is 366. The summed E-state index contributed by atoms with van der Waals surface area (Å²) in [6.07, 6.45) is 0.919. The van der Waals surface area contributed by atoms with Crippen molar-refractivity contribution in [2.24, 2.45) is 0 Å². The second kappa shape index (κ2) is 6.38. The second-order valence-electron chi connectivity index (χ2n) is 3.48. The molecule has 1 amide bonds. The fourth-order valence-electron chi connectivity index (χ4n) is 1.38. The highest BCUT2D eigenvalue weighted by Crippen LogP contribution is 2.20. The Balaban J connectivity index is 2.90. The molecule has 0 spiro atoms. The molecule has 0 bridgehead atoms. The lowest BCUT2D eigenvalue weighted by atomic mass is 10.1. The molecule has 0 aromatic heterocycles. The van der Waals surface area contributed by atoms with Crippen LogP contribution in [-0.4, -0.2) is 19.0 Å². The van der Waals surface area contributed by atoms with Crippen LogP contribution in [0.4, 0.5) is 5.69 Å². The first kappa shape index (κ1) is 12.8. The standard InChI is InChI=1S/C12H17ClN2O/c1-3-7-15-12(16)10-8-9(13)5-6-11(10)14-4-2/h5-6,8,14H,3-4,7H2,1-2H3,(H,15,16). The molecule has 88 valence electrons. The minimum absolute atomic E-state index is 0.0831. The van der Waals surface area contributed by atoms with Gasteiger partial charge in [-0.2, -0.15) is 0 Å². The van der Waals surface area contributed by atoms with Crippen LogP contribution < -0.4 is 10.6 Å². The van der Waals surface area contributed by atoms with E-state index in [-0.39, 0.29) is 5.91 Å². The quantitative estimate of drug-likeness (QED) is 0.831.